The van der Waals surface area contributed by atoms with E-state index in [4.69, 9.17) is 28.2 Å². The number of aromatic nitrogens is 2. The summed E-state index contributed by atoms with van der Waals surface area (Å²) in [6.45, 7) is 3.75. The van der Waals surface area contributed by atoms with Gasteiger partial charge in [-0.15, -0.1) is 0 Å². The molecule has 0 saturated heterocycles. The standard InChI is InChI=1S/C25H16ClFN2O2.C17H12BrClFN/c1-14(29-24(30)17-9-5-6-10-18(17)25(29)31)23-21(15-7-3-2-4-8-15)22(26)19-13-16(27)11-12-20(19)28-23;1-10(18)17-15(11-5-3-2-4-6-11)16(19)13-9-12(20)7-8-14(13)21-17/h2-14H,1H3;2-10H,1H3. The summed E-state index contributed by atoms with van der Waals surface area (Å²) in [4.78, 5) is 36.8. The average molecular weight is 796 g/mol. The van der Waals surface area contributed by atoms with Crippen LogP contribution in [0.4, 0.5) is 8.78 Å². The molecule has 2 aromatic heterocycles. The highest BCUT2D eigenvalue weighted by Crippen LogP contribution is 2.42. The van der Waals surface area contributed by atoms with E-state index < -0.39 is 11.9 Å². The SMILES string of the molecule is CC(Br)c1nc2ccc(F)cc2c(Cl)c1-c1ccccc1.CC(c1nc2ccc(F)cc2c(Cl)c1-c1ccccc1)N1C(=O)c2ccccc2C1=O. The van der Waals surface area contributed by atoms with Crippen molar-refractivity contribution in [3.63, 3.8) is 0 Å². The van der Waals surface area contributed by atoms with Gasteiger partial charge in [-0.2, -0.15) is 0 Å². The number of imide groups is 1. The van der Waals surface area contributed by atoms with Gasteiger partial charge < -0.3 is 0 Å². The molecule has 8 rings (SSSR count). The summed E-state index contributed by atoms with van der Waals surface area (Å²) < 4.78 is 27.4. The summed E-state index contributed by atoms with van der Waals surface area (Å²) in [5, 5.41) is 1.97. The molecule has 5 nitrogen and oxygen atoms in total. The molecule has 10 heteroatoms. The van der Waals surface area contributed by atoms with Crippen molar-refractivity contribution in [2.24, 2.45) is 0 Å². The maximum absolute atomic E-state index is 13.9. The maximum Gasteiger partial charge on any atom is 0.262 e. The summed E-state index contributed by atoms with van der Waals surface area (Å²) in [6.07, 6.45) is 0. The molecular formula is C42H28BrCl2F2N3O2. The Morgan fingerprint density at radius 2 is 1.00 bits per heavy atom. The minimum atomic E-state index is -0.686. The molecule has 0 spiro atoms. The van der Waals surface area contributed by atoms with Gasteiger partial charge in [0.15, 0.2) is 0 Å². The summed E-state index contributed by atoms with van der Waals surface area (Å²) in [5.74, 6) is -1.48. The molecule has 2 amide bonds. The molecule has 5 aromatic carbocycles. The Hall–Kier alpha value is -5.02. The number of halogens is 5. The second-order valence-corrected chi connectivity index (χ2v) is 14.4. The lowest BCUT2D eigenvalue weighted by Gasteiger charge is -2.25. The van der Waals surface area contributed by atoms with E-state index in [-0.39, 0.29) is 22.5 Å². The molecule has 3 heterocycles. The van der Waals surface area contributed by atoms with E-state index >= 15 is 0 Å². The van der Waals surface area contributed by atoms with Crippen LogP contribution in [0.2, 0.25) is 10.0 Å². The first-order chi connectivity index (χ1) is 25.0. The topological polar surface area (TPSA) is 63.2 Å². The first-order valence-electron chi connectivity index (χ1n) is 16.3. The van der Waals surface area contributed by atoms with Crippen molar-refractivity contribution in [2.75, 3.05) is 0 Å². The number of amides is 2. The molecule has 2 atom stereocenters. The van der Waals surface area contributed by atoms with Crippen LogP contribution >= 0.6 is 39.1 Å². The van der Waals surface area contributed by atoms with Crippen molar-refractivity contribution in [2.45, 2.75) is 24.7 Å². The van der Waals surface area contributed by atoms with Gasteiger partial charge in [0, 0.05) is 21.9 Å². The van der Waals surface area contributed by atoms with Gasteiger partial charge in [-0.25, -0.2) is 13.8 Å². The van der Waals surface area contributed by atoms with Crippen LogP contribution in [0.5, 0.6) is 0 Å². The van der Waals surface area contributed by atoms with E-state index in [2.05, 4.69) is 20.9 Å². The molecule has 0 radical (unpaired) electrons. The van der Waals surface area contributed by atoms with Crippen LogP contribution in [-0.4, -0.2) is 26.7 Å². The summed E-state index contributed by atoms with van der Waals surface area (Å²) in [6, 6.07) is 33.9. The molecule has 1 aliphatic rings. The number of pyridine rings is 2. The number of rotatable bonds is 5. The van der Waals surface area contributed by atoms with Gasteiger partial charge in [-0.3, -0.25) is 19.5 Å². The van der Waals surface area contributed by atoms with Crippen LogP contribution in [0.3, 0.4) is 0 Å². The highest BCUT2D eigenvalue weighted by Gasteiger charge is 2.40. The Labute approximate surface area is 317 Å². The molecule has 0 N–H and O–H groups in total. The first kappa shape index (κ1) is 35.4. The number of carbonyl (C=O) groups excluding carboxylic acids is 2. The molecule has 52 heavy (non-hydrogen) atoms. The number of fused-ring (bicyclic) bond motifs is 3. The third kappa shape index (κ3) is 6.47. The van der Waals surface area contributed by atoms with E-state index in [9.17, 15) is 18.4 Å². The minimum absolute atomic E-state index is 0.0414. The number of benzene rings is 5. The fourth-order valence-electron chi connectivity index (χ4n) is 6.46. The fraction of sp³-hybridized carbons (Fsp3) is 0.0952. The van der Waals surface area contributed by atoms with Crippen molar-refractivity contribution < 1.29 is 18.4 Å². The van der Waals surface area contributed by atoms with E-state index in [0.29, 0.717) is 54.2 Å². The van der Waals surface area contributed by atoms with Gasteiger partial charge in [0.2, 0.25) is 0 Å². The van der Waals surface area contributed by atoms with Crippen LogP contribution in [0, 0.1) is 11.6 Å². The summed E-state index contributed by atoms with van der Waals surface area (Å²) >= 11 is 16.9. The van der Waals surface area contributed by atoms with Crippen molar-refractivity contribution >= 4 is 72.8 Å². The third-order valence-corrected chi connectivity index (χ3v) is 10.2. The van der Waals surface area contributed by atoms with E-state index in [0.717, 1.165) is 22.4 Å². The zero-order valence-corrected chi connectivity index (χ0v) is 30.8. The summed E-state index contributed by atoms with van der Waals surface area (Å²) in [7, 11) is 0. The molecule has 7 aromatic rings. The lowest BCUT2D eigenvalue weighted by molar-refractivity contribution is 0.0593. The molecule has 0 fully saturated rings. The third-order valence-electron chi connectivity index (χ3n) is 8.93. The van der Waals surface area contributed by atoms with Crippen molar-refractivity contribution in [1.29, 1.82) is 0 Å². The van der Waals surface area contributed by atoms with E-state index in [1.165, 1.54) is 29.2 Å². The van der Waals surface area contributed by atoms with Crippen LogP contribution in [-0.2, 0) is 0 Å². The molecule has 0 aliphatic carbocycles. The number of alkyl halides is 1. The van der Waals surface area contributed by atoms with Gasteiger partial charge in [0.25, 0.3) is 11.8 Å². The highest BCUT2D eigenvalue weighted by molar-refractivity contribution is 9.09. The fourth-order valence-corrected chi connectivity index (χ4v) is 7.51. The maximum atomic E-state index is 13.9. The zero-order chi connectivity index (χ0) is 36.7. The molecule has 258 valence electrons. The number of carbonyl (C=O) groups is 2. The van der Waals surface area contributed by atoms with Gasteiger partial charge in [0.1, 0.15) is 11.6 Å². The molecule has 2 unspecified atom stereocenters. The Kier molecular flexibility index (Phi) is 9.90. The van der Waals surface area contributed by atoms with E-state index in [1.807, 2.05) is 67.6 Å². The van der Waals surface area contributed by atoms with Crippen LogP contribution in [0.25, 0.3) is 44.1 Å². The predicted molar refractivity (Wildman–Crippen MR) is 207 cm³/mol. The van der Waals surface area contributed by atoms with Crippen molar-refractivity contribution in [3.05, 3.63) is 166 Å². The van der Waals surface area contributed by atoms with E-state index in [1.54, 1.807) is 43.3 Å². The molecule has 0 saturated carbocycles. The summed E-state index contributed by atoms with van der Waals surface area (Å²) in [5.41, 5.74) is 6.42. The largest absolute Gasteiger partial charge is 0.269 e. The second-order valence-electron chi connectivity index (χ2n) is 12.2. The highest BCUT2D eigenvalue weighted by atomic mass is 79.9. The lowest BCUT2D eigenvalue weighted by atomic mass is 9.97. The minimum Gasteiger partial charge on any atom is -0.269 e. The Bertz CT molecular complexity index is 2480. The Morgan fingerprint density at radius 1 is 0.596 bits per heavy atom. The van der Waals surface area contributed by atoms with Gasteiger partial charge in [-0.05, 0) is 73.5 Å². The van der Waals surface area contributed by atoms with Crippen LogP contribution in [0.1, 0.15) is 56.8 Å². The van der Waals surface area contributed by atoms with Gasteiger partial charge in [-0.1, -0.05) is 112 Å². The average Bonchev–Trinajstić information content (AvgIpc) is 3.41. The molecular weight excluding hydrogens is 767 g/mol. The number of nitrogens with zero attached hydrogens (tertiary/aromatic N) is 3. The Balaban J connectivity index is 0.000000175. The molecule has 0 bridgehead atoms. The van der Waals surface area contributed by atoms with Crippen molar-refractivity contribution in [1.82, 2.24) is 14.9 Å². The van der Waals surface area contributed by atoms with Crippen LogP contribution < -0.4 is 0 Å². The Morgan fingerprint density at radius 3 is 1.44 bits per heavy atom. The second kappa shape index (κ2) is 14.5. The first-order valence-corrected chi connectivity index (χ1v) is 18.0. The quantitative estimate of drug-likeness (QED) is 0.129. The van der Waals surface area contributed by atoms with Gasteiger partial charge in [0.05, 0.1) is 54.5 Å². The monoisotopic (exact) mass is 793 g/mol. The zero-order valence-electron chi connectivity index (χ0n) is 27.7. The lowest BCUT2D eigenvalue weighted by Crippen LogP contribution is -2.33. The normalized spacial score (nSPS) is 13.6. The predicted octanol–water partition coefficient (Wildman–Crippen LogP) is 12.2. The van der Waals surface area contributed by atoms with Crippen molar-refractivity contribution in [3.8, 4) is 22.3 Å². The van der Waals surface area contributed by atoms with Gasteiger partial charge >= 0.3 is 0 Å². The number of hydrogen-bond donors (Lipinski definition) is 0. The smallest absolute Gasteiger partial charge is 0.262 e. The number of hydrogen-bond acceptors (Lipinski definition) is 4. The molecule has 1 aliphatic heterocycles. The van der Waals surface area contributed by atoms with Crippen LogP contribution in [0.15, 0.2) is 121 Å².